The zero-order valence-corrected chi connectivity index (χ0v) is 17.6. The molecule has 1 saturated heterocycles. The summed E-state index contributed by atoms with van der Waals surface area (Å²) in [7, 11) is 1.89. The number of anilines is 2. The molecule has 1 aliphatic heterocycles. The summed E-state index contributed by atoms with van der Waals surface area (Å²) in [6.45, 7) is 6.82. The van der Waals surface area contributed by atoms with Crippen molar-refractivity contribution in [2.24, 2.45) is 5.92 Å². The standard InChI is InChI=1S/C25H36N2O/c1-3-4-11-18-26-19-16-22(25(21-26)28-2)17-20-27(23-12-7-5-8-13-23)24-14-9-6-10-15-24/h5-10,12-15,22,25H,3-4,11,16-21H2,1-2H3/t22-,25+/m0/s1. The molecular weight excluding hydrogens is 344 g/mol. The molecule has 2 aromatic carbocycles. The minimum absolute atomic E-state index is 0.351. The number of likely N-dealkylation sites (tertiary alicyclic amines) is 1. The number of para-hydroxylation sites is 2. The molecule has 0 aliphatic carbocycles. The van der Waals surface area contributed by atoms with Crippen LogP contribution in [0.3, 0.4) is 0 Å². The van der Waals surface area contributed by atoms with Crippen LogP contribution in [0.4, 0.5) is 11.4 Å². The van der Waals surface area contributed by atoms with Crippen LogP contribution >= 0.6 is 0 Å². The highest BCUT2D eigenvalue weighted by Gasteiger charge is 2.29. The van der Waals surface area contributed by atoms with Gasteiger partial charge in [-0.1, -0.05) is 56.2 Å². The molecule has 3 rings (SSSR count). The normalized spacial score (nSPS) is 20.2. The molecule has 1 heterocycles. The monoisotopic (exact) mass is 380 g/mol. The Kier molecular flexibility index (Phi) is 8.38. The van der Waals surface area contributed by atoms with E-state index in [2.05, 4.69) is 77.4 Å². The maximum absolute atomic E-state index is 5.92. The molecule has 28 heavy (non-hydrogen) atoms. The molecule has 3 heteroatoms. The summed E-state index contributed by atoms with van der Waals surface area (Å²) in [6, 6.07) is 21.5. The van der Waals surface area contributed by atoms with Gasteiger partial charge >= 0.3 is 0 Å². The van der Waals surface area contributed by atoms with Gasteiger partial charge in [-0.3, -0.25) is 0 Å². The van der Waals surface area contributed by atoms with Gasteiger partial charge in [0.1, 0.15) is 0 Å². The third kappa shape index (κ3) is 5.83. The van der Waals surface area contributed by atoms with E-state index in [1.54, 1.807) is 0 Å². The molecule has 2 aromatic rings. The SMILES string of the molecule is CCCCCN1CC[C@@H](CCN(c2ccccc2)c2ccccc2)[C@H](OC)C1. The third-order valence-electron chi connectivity index (χ3n) is 6.02. The van der Waals surface area contributed by atoms with Crippen molar-refractivity contribution in [2.75, 3.05) is 38.2 Å². The Bertz CT molecular complexity index is 621. The number of unbranched alkanes of at least 4 members (excludes halogenated alkanes) is 2. The van der Waals surface area contributed by atoms with Gasteiger partial charge in [0, 0.05) is 31.6 Å². The van der Waals surface area contributed by atoms with Crippen molar-refractivity contribution in [3.63, 3.8) is 0 Å². The number of hydrogen-bond acceptors (Lipinski definition) is 3. The van der Waals surface area contributed by atoms with Crippen molar-refractivity contribution < 1.29 is 4.74 Å². The molecule has 0 N–H and O–H groups in total. The zero-order valence-electron chi connectivity index (χ0n) is 17.6. The Hall–Kier alpha value is -1.84. The van der Waals surface area contributed by atoms with Crippen molar-refractivity contribution in [1.82, 2.24) is 4.90 Å². The van der Waals surface area contributed by atoms with Crippen LogP contribution in [0.2, 0.25) is 0 Å². The first-order chi connectivity index (χ1) is 13.8. The van der Waals surface area contributed by atoms with E-state index < -0.39 is 0 Å². The maximum Gasteiger partial charge on any atom is 0.0727 e. The molecule has 0 amide bonds. The number of ether oxygens (including phenoxy) is 1. The van der Waals surface area contributed by atoms with E-state index in [1.807, 2.05) is 7.11 Å². The fourth-order valence-electron chi connectivity index (χ4n) is 4.33. The number of piperidine rings is 1. The van der Waals surface area contributed by atoms with Gasteiger partial charge in [-0.05, 0) is 62.5 Å². The molecule has 0 bridgehead atoms. The van der Waals surface area contributed by atoms with Gasteiger partial charge in [-0.25, -0.2) is 0 Å². The molecule has 2 atom stereocenters. The lowest BCUT2D eigenvalue weighted by Gasteiger charge is -2.39. The molecule has 1 aliphatic rings. The summed E-state index contributed by atoms with van der Waals surface area (Å²) in [5.74, 6) is 0.627. The minimum atomic E-state index is 0.351. The fourth-order valence-corrected chi connectivity index (χ4v) is 4.33. The topological polar surface area (TPSA) is 15.7 Å². The van der Waals surface area contributed by atoms with Crippen molar-refractivity contribution in [2.45, 2.75) is 45.1 Å². The van der Waals surface area contributed by atoms with Gasteiger partial charge in [0.25, 0.3) is 0 Å². The van der Waals surface area contributed by atoms with Crippen LogP contribution in [-0.2, 0) is 4.74 Å². The Labute approximate surface area is 171 Å². The first-order valence-corrected chi connectivity index (χ1v) is 10.9. The van der Waals surface area contributed by atoms with Crippen LogP contribution < -0.4 is 4.90 Å². The molecule has 0 aromatic heterocycles. The lowest BCUT2D eigenvalue weighted by Crippen LogP contribution is -2.45. The first kappa shape index (κ1) is 20.9. The number of rotatable bonds is 10. The van der Waals surface area contributed by atoms with E-state index in [1.165, 1.54) is 50.1 Å². The van der Waals surface area contributed by atoms with Crippen molar-refractivity contribution in [1.29, 1.82) is 0 Å². The van der Waals surface area contributed by atoms with Gasteiger partial charge in [0.15, 0.2) is 0 Å². The zero-order chi connectivity index (χ0) is 19.6. The summed E-state index contributed by atoms with van der Waals surface area (Å²) < 4.78 is 5.92. The second kappa shape index (κ2) is 11.2. The van der Waals surface area contributed by atoms with Crippen LogP contribution in [0.25, 0.3) is 0 Å². The molecular formula is C25H36N2O. The highest BCUT2D eigenvalue weighted by Crippen LogP contribution is 2.29. The molecule has 1 fully saturated rings. The van der Waals surface area contributed by atoms with E-state index in [0.717, 1.165) is 19.5 Å². The number of hydrogen-bond donors (Lipinski definition) is 0. The predicted molar refractivity (Wildman–Crippen MR) is 119 cm³/mol. The number of nitrogens with zero attached hydrogens (tertiary/aromatic N) is 2. The Balaban J connectivity index is 1.61. The highest BCUT2D eigenvalue weighted by molar-refractivity contribution is 5.62. The van der Waals surface area contributed by atoms with E-state index in [0.29, 0.717) is 12.0 Å². The summed E-state index contributed by atoms with van der Waals surface area (Å²) in [5, 5.41) is 0. The van der Waals surface area contributed by atoms with Crippen molar-refractivity contribution in [3.05, 3.63) is 60.7 Å². The second-order valence-electron chi connectivity index (χ2n) is 7.94. The van der Waals surface area contributed by atoms with Crippen molar-refractivity contribution in [3.8, 4) is 0 Å². The van der Waals surface area contributed by atoms with Gasteiger partial charge in [0.05, 0.1) is 6.10 Å². The van der Waals surface area contributed by atoms with E-state index in [-0.39, 0.29) is 0 Å². The lowest BCUT2D eigenvalue weighted by molar-refractivity contribution is -0.0135. The molecule has 3 nitrogen and oxygen atoms in total. The van der Waals surface area contributed by atoms with E-state index >= 15 is 0 Å². The largest absolute Gasteiger partial charge is 0.380 e. The van der Waals surface area contributed by atoms with Gasteiger partial charge in [-0.15, -0.1) is 0 Å². The highest BCUT2D eigenvalue weighted by atomic mass is 16.5. The summed E-state index contributed by atoms with van der Waals surface area (Å²) in [6.07, 6.45) is 6.68. The average molecular weight is 381 g/mol. The smallest absolute Gasteiger partial charge is 0.0727 e. The van der Waals surface area contributed by atoms with Gasteiger partial charge in [-0.2, -0.15) is 0 Å². The third-order valence-corrected chi connectivity index (χ3v) is 6.02. The maximum atomic E-state index is 5.92. The van der Waals surface area contributed by atoms with Crippen LogP contribution in [0.1, 0.15) is 39.0 Å². The minimum Gasteiger partial charge on any atom is -0.380 e. The molecule has 0 saturated carbocycles. The fraction of sp³-hybridized carbons (Fsp3) is 0.520. The van der Waals surface area contributed by atoms with Crippen LogP contribution in [0.5, 0.6) is 0 Å². The second-order valence-corrected chi connectivity index (χ2v) is 7.94. The predicted octanol–water partition coefficient (Wildman–Crippen LogP) is 5.74. The van der Waals surface area contributed by atoms with Gasteiger partial charge in [0.2, 0.25) is 0 Å². The van der Waals surface area contributed by atoms with Crippen molar-refractivity contribution >= 4 is 11.4 Å². The molecule has 0 radical (unpaired) electrons. The van der Waals surface area contributed by atoms with Crippen LogP contribution in [-0.4, -0.2) is 44.3 Å². The Morgan fingerprint density at radius 3 is 2.18 bits per heavy atom. The van der Waals surface area contributed by atoms with Crippen LogP contribution in [0.15, 0.2) is 60.7 Å². The quantitative estimate of drug-likeness (QED) is 0.489. The number of methoxy groups -OCH3 is 1. The summed E-state index contributed by atoms with van der Waals surface area (Å²) in [5.41, 5.74) is 2.53. The van der Waals surface area contributed by atoms with Gasteiger partial charge < -0.3 is 14.5 Å². The first-order valence-electron chi connectivity index (χ1n) is 10.9. The molecule has 0 unspecified atom stereocenters. The summed E-state index contributed by atoms with van der Waals surface area (Å²) >= 11 is 0. The van der Waals surface area contributed by atoms with E-state index in [4.69, 9.17) is 4.74 Å². The molecule has 152 valence electrons. The summed E-state index contributed by atoms with van der Waals surface area (Å²) in [4.78, 5) is 5.05. The average Bonchev–Trinajstić information content (AvgIpc) is 2.76. The Morgan fingerprint density at radius 2 is 1.61 bits per heavy atom. The van der Waals surface area contributed by atoms with E-state index in [9.17, 15) is 0 Å². The van der Waals surface area contributed by atoms with Crippen LogP contribution in [0, 0.1) is 5.92 Å². The molecule has 0 spiro atoms. The number of benzene rings is 2. The lowest BCUT2D eigenvalue weighted by atomic mass is 9.90. The Morgan fingerprint density at radius 1 is 0.964 bits per heavy atom.